The predicted molar refractivity (Wildman–Crippen MR) is 59.7 cm³/mol. The molecule has 1 aliphatic rings. The summed E-state index contributed by atoms with van der Waals surface area (Å²) in [7, 11) is 0. The smallest absolute Gasteiger partial charge is 0.140 e. The van der Waals surface area contributed by atoms with Gasteiger partial charge in [-0.05, 0) is 31.7 Å². The molecule has 1 aromatic heterocycles. The van der Waals surface area contributed by atoms with Crippen molar-refractivity contribution in [3.8, 4) is 0 Å². The number of nitrogens with zero attached hydrogens (tertiary/aromatic N) is 1. The molecular formula is C12H20N2O. The van der Waals surface area contributed by atoms with E-state index >= 15 is 0 Å². The Morgan fingerprint density at radius 2 is 2.13 bits per heavy atom. The monoisotopic (exact) mass is 208 g/mol. The summed E-state index contributed by atoms with van der Waals surface area (Å²) in [5, 5.41) is 7.57. The first-order chi connectivity index (χ1) is 7.27. The molecule has 1 N–H and O–H groups in total. The lowest BCUT2D eigenvalue weighted by Gasteiger charge is -2.10. The highest BCUT2D eigenvalue weighted by Gasteiger charge is 2.18. The van der Waals surface area contributed by atoms with E-state index in [1.807, 2.05) is 0 Å². The second-order valence-corrected chi connectivity index (χ2v) is 4.76. The molecule has 84 valence electrons. The zero-order valence-corrected chi connectivity index (χ0v) is 9.68. The fourth-order valence-electron chi connectivity index (χ4n) is 2.07. The van der Waals surface area contributed by atoms with Gasteiger partial charge in [0.1, 0.15) is 11.5 Å². The Kier molecular flexibility index (Phi) is 3.41. The fraction of sp³-hybridized carbons (Fsp3) is 0.750. The van der Waals surface area contributed by atoms with Crippen molar-refractivity contribution >= 4 is 0 Å². The molecule has 3 heteroatoms. The molecule has 0 aliphatic heterocycles. The average molecular weight is 208 g/mol. The maximum atomic E-state index is 5.35. The van der Waals surface area contributed by atoms with Crippen LogP contribution in [0.5, 0.6) is 0 Å². The molecule has 0 aromatic carbocycles. The Balaban J connectivity index is 1.94. The van der Waals surface area contributed by atoms with Crippen LogP contribution < -0.4 is 5.32 Å². The van der Waals surface area contributed by atoms with Crippen molar-refractivity contribution in [2.24, 2.45) is 5.92 Å². The van der Waals surface area contributed by atoms with Gasteiger partial charge in [-0.15, -0.1) is 0 Å². The van der Waals surface area contributed by atoms with E-state index in [9.17, 15) is 0 Å². The van der Waals surface area contributed by atoms with E-state index in [0.29, 0.717) is 5.92 Å². The molecule has 0 saturated carbocycles. The van der Waals surface area contributed by atoms with Crippen LogP contribution in [0.1, 0.15) is 43.7 Å². The van der Waals surface area contributed by atoms with Gasteiger partial charge in [0.2, 0.25) is 0 Å². The molecule has 1 aliphatic carbocycles. The van der Waals surface area contributed by atoms with E-state index in [-0.39, 0.29) is 0 Å². The van der Waals surface area contributed by atoms with Crippen LogP contribution >= 0.6 is 0 Å². The molecule has 0 atom stereocenters. The molecule has 0 fully saturated rings. The van der Waals surface area contributed by atoms with Crippen LogP contribution in [0.3, 0.4) is 0 Å². The number of fused-ring (bicyclic) bond motifs is 1. The summed E-state index contributed by atoms with van der Waals surface area (Å²) in [5.41, 5.74) is 2.50. The van der Waals surface area contributed by atoms with Gasteiger partial charge in [-0.2, -0.15) is 0 Å². The number of rotatable bonds is 4. The number of aromatic nitrogens is 1. The highest BCUT2D eigenvalue weighted by Crippen LogP contribution is 2.23. The van der Waals surface area contributed by atoms with Crippen molar-refractivity contribution in [1.29, 1.82) is 0 Å². The van der Waals surface area contributed by atoms with E-state index in [1.54, 1.807) is 0 Å². The van der Waals surface area contributed by atoms with Crippen LogP contribution in [0.4, 0.5) is 0 Å². The van der Waals surface area contributed by atoms with Crippen LogP contribution in [0, 0.1) is 5.92 Å². The minimum Gasteiger partial charge on any atom is -0.361 e. The second kappa shape index (κ2) is 4.79. The van der Waals surface area contributed by atoms with Gasteiger partial charge in [0.05, 0.1) is 0 Å². The molecule has 1 heterocycles. The van der Waals surface area contributed by atoms with Gasteiger partial charge in [0, 0.05) is 18.5 Å². The number of hydrogen-bond acceptors (Lipinski definition) is 3. The van der Waals surface area contributed by atoms with Gasteiger partial charge in [0.15, 0.2) is 0 Å². The molecule has 0 radical (unpaired) electrons. The van der Waals surface area contributed by atoms with E-state index in [2.05, 4.69) is 24.3 Å². The van der Waals surface area contributed by atoms with Crippen LogP contribution in [-0.2, 0) is 19.4 Å². The van der Waals surface area contributed by atoms with Crippen molar-refractivity contribution in [2.75, 3.05) is 6.54 Å². The van der Waals surface area contributed by atoms with E-state index in [0.717, 1.165) is 37.4 Å². The average Bonchev–Trinajstić information content (AvgIpc) is 2.62. The minimum absolute atomic E-state index is 0.688. The molecule has 15 heavy (non-hydrogen) atoms. The molecule has 0 bridgehead atoms. The van der Waals surface area contributed by atoms with E-state index < -0.39 is 0 Å². The third kappa shape index (κ3) is 2.59. The molecular weight excluding hydrogens is 188 g/mol. The lowest BCUT2D eigenvalue weighted by Crippen LogP contribution is -2.20. The van der Waals surface area contributed by atoms with Gasteiger partial charge in [-0.25, -0.2) is 0 Å². The van der Waals surface area contributed by atoms with Crippen LogP contribution in [-0.4, -0.2) is 11.7 Å². The summed E-state index contributed by atoms with van der Waals surface area (Å²) in [6, 6.07) is 0. The number of hydrogen-bond donors (Lipinski definition) is 1. The van der Waals surface area contributed by atoms with Crippen molar-refractivity contribution in [3.05, 3.63) is 17.0 Å². The Morgan fingerprint density at radius 1 is 1.33 bits per heavy atom. The largest absolute Gasteiger partial charge is 0.361 e. The Morgan fingerprint density at radius 3 is 2.93 bits per heavy atom. The Hall–Kier alpha value is -0.830. The molecule has 0 spiro atoms. The molecule has 0 amide bonds. The molecule has 0 unspecified atom stereocenters. The third-order valence-corrected chi connectivity index (χ3v) is 2.88. The Bertz CT molecular complexity index is 317. The summed E-state index contributed by atoms with van der Waals surface area (Å²) in [6.45, 7) is 6.33. The van der Waals surface area contributed by atoms with Gasteiger partial charge in [0.25, 0.3) is 0 Å². The van der Waals surface area contributed by atoms with Crippen molar-refractivity contribution in [3.63, 3.8) is 0 Å². The summed E-state index contributed by atoms with van der Waals surface area (Å²) in [6.07, 6.45) is 4.76. The highest BCUT2D eigenvalue weighted by molar-refractivity contribution is 5.25. The SMILES string of the molecule is CC(C)CNCc1noc2c1CCCC2. The predicted octanol–water partition coefficient (Wildman–Crippen LogP) is 2.30. The number of nitrogens with one attached hydrogen (secondary N) is 1. The van der Waals surface area contributed by atoms with Gasteiger partial charge in [-0.1, -0.05) is 19.0 Å². The topological polar surface area (TPSA) is 38.1 Å². The first-order valence-corrected chi connectivity index (χ1v) is 5.94. The fourth-order valence-corrected chi connectivity index (χ4v) is 2.07. The lowest BCUT2D eigenvalue weighted by atomic mass is 9.96. The van der Waals surface area contributed by atoms with Crippen LogP contribution in [0.25, 0.3) is 0 Å². The van der Waals surface area contributed by atoms with Crippen molar-refractivity contribution in [1.82, 2.24) is 10.5 Å². The van der Waals surface area contributed by atoms with Crippen LogP contribution in [0.15, 0.2) is 4.52 Å². The standard InChI is InChI=1S/C12H20N2O/c1-9(2)7-13-8-11-10-5-3-4-6-12(10)15-14-11/h9,13H,3-8H2,1-2H3. The van der Waals surface area contributed by atoms with Crippen LogP contribution in [0.2, 0.25) is 0 Å². The summed E-state index contributed by atoms with van der Waals surface area (Å²) < 4.78 is 5.35. The second-order valence-electron chi connectivity index (χ2n) is 4.76. The zero-order chi connectivity index (χ0) is 10.7. The third-order valence-electron chi connectivity index (χ3n) is 2.88. The molecule has 0 saturated heterocycles. The molecule has 1 aromatic rings. The van der Waals surface area contributed by atoms with E-state index in [4.69, 9.17) is 4.52 Å². The zero-order valence-electron chi connectivity index (χ0n) is 9.68. The molecule has 2 rings (SSSR count). The summed E-state index contributed by atoms with van der Waals surface area (Å²) >= 11 is 0. The normalized spacial score (nSPS) is 15.7. The number of aryl methyl sites for hydroxylation is 1. The van der Waals surface area contributed by atoms with Crippen molar-refractivity contribution in [2.45, 2.75) is 46.1 Å². The first kappa shape index (κ1) is 10.7. The maximum absolute atomic E-state index is 5.35. The molecule has 3 nitrogen and oxygen atoms in total. The van der Waals surface area contributed by atoms with Gasteiger partial charge in [-0.3, -0.25) is 0 Å². The lowest BCUT2D eigenvalue weighted by molar-refractivity contribution is 0.366. The Labute approximate surface area is 91.2 Å². The maximum Gasteiger partial charge on any atom is 0.140 e. The summed E-state index contributed by atoms with van der Waals surface area (Å²) in [4.78, 5) is 0. The van der Waals surface area contributed by atoms with Gasteiger partial charge < -0.3 is 9.84 Å². The quantitative estimate of drug-likeness (QED) is 0.825. The first-order valence-electron chi connectivity index (χ1n) is 5.94. The van der Waals surface area contributed by atoms with Gasteiger partial charge >= 0.3 is 0 Å². The van der Waals surface area contributed by atoms with E-state index in [1.165, 1.54) is 18.4 Å². The summed E-state index contributed by atoms with van der Waals surface area (Å²) in [5.74, 6) is 1.82. The minimum atomic E-state index is 0.688. The van der Waals surface area contributed by atoms with Crippen molar-refractivity contribution < 1.29 is 4.52 Å². The highest BCUT2D eigenvalue weighted by atomic mass is 16.5.